The van der Waals surface area contributed by atoms with Crippen molar-refractivity contribution >= 4 is 38.6 Å². The minimum absolute atomic E-state index is 0.0503. The molecule has 3 aromatic rings. The molecule has 0 spiro atoms. The number of anilines is 1. The molecule has 3 rings (SSSR count). The van der Waals surface area contributed by atoms with Gasteiger partial charge in [-0.15, -0.1) is 10.2 Å². The highest BCUT2D eigenvalue weighted by Gasteiger charge is 2.17. The summed E-state index contributed by atoms with van der Waals surface area (Å²) in [5.74, 6) is -0.489. The first-order valence-electron chi connectivity index (χ1n) is 9.67. The fraction of sp³-hybridized carbons (Fsp3) is 0.182. The molecule has 10 heteroatoms. The lowest BCUT2D eigenvalue weighted by molar-refractivity contribution is -0.112. The summed E-state index contributed by atoms with van der Waals surface area (Å²) in [6.45, 7) is 3.88. The topological polar surface area (TPSA) is 122 Å². The smallest absolute Gasteiger partial charge is 0.339 e. The van der Waals surface area contributed by atoms with Gasteiger partial charge in [0, 0.05) is 6.42 Å². The number of amides is 1. The molecule has 1 aromatic heterocycles. The van der Waals surface area contributed by atoms with Crippen molar-refractivity contribution in [3.05, 3.63) is 70.2 Å². The first-order valence-corrected chi connectivity index (χ1v) is 11.9. The fourth-order valence-corrected chi connectivity index (χ4v) is 4.36. The molecule has 0 saturated heterocycles. The van der Waals surface area contributed by atoms with Crippen LogP contribution in [0.4, 0.5) is 5.13 Å². The Morgan fingerprint density at radius 1 is 1.16 bits per heavy atom. The van der Waals surface area contributed by atoms with Gasteiger partial charge >= 0.3 is 10.1 Å². The second-order valence-corrected chi connectivity index (χ2v) is 9.40. The van der Waals surface area contributed by atoms with Crippen molar-refractivity contribution < 1.29 is 17.4 Å². The first kappa shape index (κ1) is 23.1. The van der Waals surface area contributed by atoms with Crippen molar-refractivity contribution in [1.82, 2.24) is 10.2 Å². The van der Waals surface area contributed by atoms with Gasteiger partial charge in [0.1, 0.15) is 27.3 Å². The van der Waals surface area contributed by atoms with E-state index in [4.69, 9.17) is 4.18 Å². The van der Waals surface area contributed by atoms with Crippen molar-refractivity contribution in [2.45, 2.75) is 31.6 Å². The minimum Gasteiger partial charge on any atom is -0.379 e. The Morgan fingerprint density at radius 2 is 1.84 bits per heavy atom. The molecular formula is C22H20N4O4S2. The zero-order chi connectivity index (χ0) is 23.1. The van der Waals surface area contributed by atoms with Crippen LogP contribution in [0, 0.1) is 18.3 Å². The van der Waals surface area contributed by atoms with Gasteiger partial charge < -0.3 is 4.18 Å². The Hall–Kier alpha value is -3.55. The van der Waals surface area contributed by atoms with Crippen LogP contribution in [0.1, 0.15) is 29.5 Å². The van der Waals surface area contributed by atoms with Crippen molar-refractivity contribution in [2.24, 2.45) is 0 Å². The maximum atomic E-state index is 12.4. The number of hydrogen-bond donors (Lipinski definition) is 1. The summed E-state index contributed by atoms with van der Waals surface area (Å²) in [4.78, 5) is 12.4. The third kappa shape index (κ3) is 6.00. The molecule has 0 aliphatic heterocycles. The molecule has 0 fully saturated rings. The van der Waals surface area contributed by atoms with Crippen LogP contribution >= 0.6 is 11.3 Å². The fourth-order valence-electron chi connectivity index (χ4n) is 2.60. The number of nitrogens with zero attached hydrogens (tertiary/aromatic N) is 3. The highest BCUT2D eigenvalue weighted by Crippen LogP contribution is 2.21. The number of hydrogen-bond acceptors (Lipinski definition) is 8. The SMILES string of the molecule is CCCc1nnc(NC(=O)/C(C#N)=C\c2ccc(OS(=O)(=O)c3ccc(C)cc3)cc2)s1. The highest BCUT2D eigenvalue weighted by atomic mass is 32.2. The largest absolute Gasteiger partial charge is 0.379 e. The van der Waals surface area contributed by atoms with Gasteiger partial charge in [-0.2, -0.15) is 13.7 Å². The second-order valence-electron chi connectivity index (χ2n) is 6.79. The van der Waals surface area contributed by atoms with Gasteiger partial charge in [-0.05, 0) is 49.2 Å². The monoisotopic (exact) mass is 468 g/mol. The summed E-state index contributed by atoms with van der Waals surface area (Å²) >= 11 is 1.26. The van der Waals surface area contributed by atoms with E-state index in [2.05, 4.69) is 15.5 Å². The third-order valence-corrected chi connectivity index (χ3v) is 6.38. The van der Waals surface area contributed by atoms with Gasteiger partial charge in [-0.3, -0.25) is 10.1 Å². The average Bonchev–Trinajstić information content (AvgIpc) is 3.20. The molecule has 0 aliphatic carbocycles. The molecule has 1 heterocycles. The van der Waals surface area contributed by atoms with Crippen molar-refractivity contribution in [2.75, 3.05) is 5.32 Å². The van der Waals surface area contributed by atoms with E-state index in [1.807, 2.05) is 19.9 Å². The highest BCUT2D eigenvalue weighted by molar-refractivity contribution is 7.87. The molecule has 2 aromatic carbocycles. The molecule has 0 saturated carbocycles. The van der Waals surface area contributed by atoms with Gasteiger partial charge in [0.15, 0.2) is 0 Å². The summed E-state index contributed by atoms with van der Waals surface area (Å²) in [5, 5.41) is 20.9. The van der Waals surface area contributed by atoms with Crippen LogP contribution in [0.15, 0.2) is 59.0 Å². The van der Waals surface area contributed by atoms with Crippen molar-refractivity contribution in [3.8, 4) is 11.8 Å². The standard InChI is InChI=1S/C22H20N4O4S2/c1-3-4-20-25-26-22(31-20)24-21(27)17(14-23)13-16-7-9-18(10-8-16)30-32(28,29)19-11-5-15(2)6-12-19/h5-13H,3-4H2,1-2H3,(H,24,26,27)/b17-13-. The van der Waals surface area contributed by atoms with E-state index in [1.165, 1.54) is 41.7 Å². The number of aryl methyl sites for hydroxylation is 2. The molecular weight excluding hydrogens is 448 g/mol. The molecule has 32 heavy (non-hydrogen) atoms. The van der Waals surface area contributed by atoms with Crippen LogP contribution in [0.2, 0.25) is 0 Å². The first-order chi connectivity index (χ1) is 15.3. The summed E-state index contributed by atoms with van der Waals surface area (Å²) < 4.78 is 29.9. The number of benzene rings is 2. The van der Waals surface area contributed by atoms with Crippen molar-refractivity contribution in [1.29, 1.82) is 5.26 Å². The molecule has 8 nitrogen and oxygen atoms in total. The summed E-state index contributed by atoms with van der Waals surface area (Å²) in [5.41, 5.74) is 1.34. The van der Waals surface area contributed by atoms with Crippen LogP contribution in [0.3, 0.4) is 0 Å². The number of aromatic nitrogens is 2. The number of carbonyl (C=O) groups is 1. The number of nitriles is 1. The second kappa shape index (κ2) is 10.2. The van der Waals surface area contributed by atoms with Crippen LogP contribution in [0.25, 0.3) is 6.08 Å². The van der Waals surface area contributed by atoms with E-state index in [-0.39, 0.29) is 16.2 Å². The number of carbonyl (C=O) groups excluding carboxylic acids is 1. The zero-order valence-corrected chi connectivity index (χ0v) is 19.0. The number of rotatable bonds is 8. The van der Waals surface area contributed by atoms with Gasteiger partial charge in [-0.1, -0.05) is 48.1 Å². The Kier molecular flexibility index (Phi) is 7.35. The molecule has 164 valence electrons. The third-order valence-electron chi connectivity index (χ3n) is 4.22. The maximum absolute atomic E-state index is 12.4. The quantitative estimate of drug-likeness (QED) is 0.300. The molecule has 1 N–H and O–H groups in total. The van der Waals surface area contributed by atoms with E-state index < -0.39 is 16.0 Å². The van der Waals surface area contributed by atoms with E-state index in [0.29, 0.717) is 10.7 Å². The normalized spacial score (nSPS) is 11.6. The van der Waals surface area contributed by atoms with Crippen LogP contribution in [0.5, 0.6) is 5.75 Å². The molecule has 0 bridgehead atoms. The van der Waals surface area contributed by atoms with Gasteiger partial charge in [0.25, 0.3) is 5.91 Å². The van der Waals surface area contributed by atoms with Crippen molar-refractivity contribution in [3.63, 3.8) is 0 Å². The van der Waals surface area contributed by atoms with Crippen LogP contribution in [-0.4, -0.2) is 24.5 Å². The number of nitrogens with one attached hydrogen (secondary N) is 1. The summed E-state index contributed by atoms with van der Waals surface area (Å²) in [6, 6.07) is 14.2. The lowest BCUT2D eigenvalue weighted by Crippen LogP contribution is -2.13. The van der Waals surface area contributed by atoms with E-state index >= 15 is 0 Å². The molecule has 0 atom stereocenters. The van der Waals surface area contributed by atoms with Gasteiger partial charge in [0.2, 0.25) is 5.13 Å². The Bertz CT molecular complexity index is 1270. The minimum atomic E-state index is -3.96. The van der Waals surface area contributed by atoms with E-state index in [1.54, 1.807) is 24.3 Å². The Labute approximate surface area is 190 Å². The summed E-state index contributed by atoms with van der Waals surface area (Å²) in [6.07, 6.45) is 3.07. The predicted octanol–water partition coefficient (Wildman–Crippen LogP) is 4.11. The van der Waals surface area contributed by atoms with Gasteiger partial charge in [-0.25, -0.2) is 0 Å². The van der Waals surface area contributed by atoms with Crippen LogP contribution < -0.4 is 9.50 Å². The Morgan fingerprint density at radius 3 is 2.47 bits per heavy atom. The molecule has 0 radical (unpaired) electrons. The Balaban J connectivity index is 1.70. The molecule has 1 amide bonds. The maximum Gasteiger partial charge on any atom is 0.339 e. The lowest BCUT2D eigenvalue weighted by Gasteiger charge is -2.07. The van der Waals surface area contributed by atoms with Crippen LogP contribution in [-0.2, 0) is 21.3 Å². The summed E-state index contributed by atoms with van der Waals surface area (Å²) in [7, 11) is -3.96. The lowest BCUT2D eigenvalue weighted by atomic mass is 10.1. The zero-order valence-electron chi connectivity index (χ0n) is 17.4. The van der Waals surface area contributed by atoms with E-state index in [0.717, 1.165) is 23.4 Å². The molecule has 0 unspecified atom stereocenters. The predicted molar refractivity (Wildman–Crippen MR) is 122 cm³/mol. The molecule has 0 aliphatic rings. The van der Waals surface area contributed by atoms with E-state index in [9.17, 15) is 18.5 Å². The average molecular weight is 469 g/mol. The van der Waals surface area contributed by atoms with Gasteiger partial charge in [0.05, 0.1) is 0 Å².